The third kappa shape index (κ3) is 2.84. The molecule has 0 bridgehead atoms. The van der Waals surface area contributed by atoms with Gasteiger partial charge in [0.15, 0.2) is 0 Å². The average Bonchev–Trinajstić information content (AvgIpc) is 2.54. The molecule has 0 fully saturated rings. The molecule has 0 saturated carbocycles. The molecular formula is C17H15Cl2N3O. The van der Waals surface area contributed by atoms with E-state index in [4.69, 9.17) is 23.2 Å². The number of aryl methyl sites for hydroxylation is 2. The van der Waals surface area contributed by atoms with Crippen LogP contribution in [-0.2, 0) is 13.0 Å². The Balaban J connectivity index is 2.44. The predicted molar refractivity (Wildman–Crippen MR) is 94.3 cm³/mol. The number of benzene rings is 1. The second-order valence-corrected chi connectivity index (χ2v) is 5.98. The summed E-state index contributed by atoms with van der Waals surface area (Å²) in [6.45, 7) is 4.37. The van der Waals surface area contributed by atoms with Crippen LogP contribution in [0.2, 0.25) is 10.0 Å². The van der Waals surface area contributed by atoms with Crippen LogP contribution in [-0.4, -0.2) is 14.5 Å². The molecular weight excluding hydrogens is 333 g/mol. The highest BCUT2D eigenvalue weighted by atomic mass is 35.5. The quantitative estimate of drug-likeness (QED) is 0.707. The van der Waals surface area contributed by atoms with E-state index < -0.39 is 0 Å². The first kappa shape index (κ1) is 16.0. The fraction of sp³-hybridized carbons (Fsp3) is 0.235. The maximum atomic E-state index is 12.4. The minimum absolute atomic E-state index is 0.327. The van der Waals surface area contributed by atoms with Crippen LogP contribution in [0, 0.1) is 0 Å². The number of nitrogens with zero attached hydrogens (tertiary/aromatic N) is 3. The van der Waals surface area contributed by atoms with Gasteiger partial charge in [0.2, 0.25) is 0 Å². The van der Waals surface area contributed by atoms with Crippen molar-refractivity contribution in [2.45, 2.75) is 26.8 Å². The lowest BCUT2D eigenvalue weighted by Gasteiger charge is -2.12. The first-order valence-corrected chi connectivity index (χ1v) is 8.16. The number of rotatable bonds is 3. The summed E-state index contributed by atoms with van der Waals surface area (Å²) in [6, 6.07) is 9.08. The molecule has 1 aromatic carbocycles. The molecule has 0 aliphatic carbocycles. The summed E-state index contributed by atoms with van der Waals surface area (Å²) >= 11 is 12.4. The standard InChI is InChI=1S/C17H15Cl2N3O/c1-3-14-13(19)9-12-15(10-6-5-7-11(18)8-10)21-17(23)22(4-2)16(12)20-14/h5-9H,3-4H2,1-2H3. The van der Waals surface area contributed by atoms with Gasteiger partial charge in [0.05, 0.1) is 16.4 Å². The fourth-order valence-corrected chi connectivity index (χ4v) is 3.07. The van der Waals surface area contributed by atoms with Crippen LogP contribution in [0.4, 0.5) is 0 Å². The third-order valence-electron chi connectivity index (χ3n) is 3.73. The van der Waals surface area contributed by atoms with E-state index in [9.17, 15) is 4.79 Å². The molecule has 0 unspecified atom stereocenters. The Bertz CT molecular complexity index is 950. The highest BCUT2D eigenvalue weighted by Crippen LogP contribution is 2.29. The zero-order chi connectivity index (χ0) is 16.6. The van der Waals surface area contributed by atoms with Crippen molar-refractivity contribution in [3.05, 3.63) is 56.6 Å². The molecule has 0 amide bonds. The summed E-state index contributed by atoms with van der Waals surface area (Å²) in [5.74, 6) is 0. The highest BCUT2D eigenvalue weighted by molar-refractivity contribution is 6.32. The summed E-state index contributed by atoms with van der Waals surface area (Å²) in [4.78, 5) is 21.2. The third-order valence-corrected chi connectivity index (χ3v) is 4.29. The molecule has 6 heteroatoms. The normalized spacial score (nSPS) is 11.1. The molecule has 3 aromatic rings. The second-order valence-electron chi connectivity index (χ2n) is 5.14. The van der Waals surface area contributed by atoms with Crippen LogP contribution in [0.1, 0.15) is 19.5 Å². The number of fused-ring (bicyclic) bond motifs is 1. The average molecular weight is 348 g/mol. The smallest absolute Gasteiger partial charge is 0.276 e. The van der Waals surface area contributed by atoms with Gasteiger partial charge in [-0.05, 0) is 31.5 Å². The van der Waals surface area contributed by atoms with Gasteiger partial charge in [-0.15, -0.1) is 0 Å². The Morgan fingerprint density at radius 3 is 2.57 bits per heavy atom. The molecule has 23 heavy (non-hydrogen) atoms. The van der Waals surface area contributed by atoms with Crippen molar-refractivity contribution in [2.24, 2.45) is 0 Å². The van der Waals surface area contributed by atoms with Crippen LogP contribution in [0.3, 0.4) is 0 Å². The van der Waals surface area contributed by atoms with E-state index in [2.05, 4.69) is 9.97 Å². The molecule has 0 aliphatic heterocycles. The zero-order valence-corrected chi connectivity index (χ0v) is 14.3. The van der Waals surface area contributed by atoms with E-state index >= 15 is 0 Å². The van der Waals surface area contributed by atoms with Gasteiger partial charge in [-0.25, -0.2) is 9.78 Å². The molecule has 3 rings (SSSR count). The number of hydrogen-bond acceptors (Lipinski definition) is 3. The van der Waals surface area contributed by atoms with Gasteiger partial charge >= 0.3 is 5.69 Å². The van der Waals surface area contributed by atoms with Gasteiger partial charge in [0, 0.05) is 22.5 Å². The molecule has 0 radical (unpaired) electrons. The molecule has 118 valence electrons. The molecule has 0 saturated heterocycles. The van der Waals surface area contributed by atoms with Gasteiger partial charge in [-0.3, -0.25) is 4.57 Å². The van der Waals surface area contributed by atoms with E-state index in [0.717, 1.165) is 16.6 Å². The Labute approximate surface area is 143 Å². The van der Waals surface area contributed by atoms with Crippen molar-refractivity contribution in [1.82, 2.24) is 14.5 Å². The first-order chi connectivity index (χ1) is 11.0. The van der Waals surface area contributed by atoms with Gasteiger partial charge in [0.1, 0.15) is 5.65 Å². The zero-order valence-electron chi connectivity index (χ0n) is 12.8. The largest absolute Gasteiger partial charge is 0.349 e. The monoisotopic (exact) mass is 347 g/mol. The van der Waals surface area contributed by atoms with E-state index in [1.165, 1.54) is 0 Å². The molecule has 0 atom stereocenters. The van der Waals surface area contributed by atoms with Crippen LogP contribution in [0.25, 0.3) is 22.3 Å². The topological polar surface area (TPSA) is 47.8 Å². The van der Waals surface area contributed by atoms with Crippen LogP contribution in [0.15, 0.2) is 35.1 Å². The predicted octanol–water partition coefficient (Wildman–Crippen LogP) is 4.35. The Hall–Kier alpha value is -1.91. The summed E-state index contributed by atoms with van der Waals surface area (Å²) in [5.41, 5.74) is 2.36. The van der Waals surface area contributed by atoms with Crippen LogP contribution >= 0.6 is 23.2 Å². The molecule has 4 nitrogen and oxygen atoms in total. The van der Waals surface area contributed by atoms with E-state index in [1.807, 2.05) is 32.0 Å². The molecule has 0 N–H and O–H groups in total. The lowest BCUT2D eigenvalue weighted by atomic mass is 10.1. The van der Waals surface area contributed by atoms with Gasteiger partial charge < -0.3 is 0 Å². The maximum absolute atomic E-state index is 12.4. The van der Waals surface area contributed by atoms with E-state index in [-0.39, 0.29) is 5.69 Å². The summed E-state index contributed by atoms with van der Waals surface area (Å²) in [6.07, 6.45) is 0.696. The Kier molecular flexibility index (Phi) is 4.37. The van der Waals surface area contributed by atoms with E-state index in [0.29, 0.717) is 34.4 Å². The molecule has 0 aliphatic rings. The number of pyridine rings is 1. The minimum Gasteiger partial charge on any atom is -0.276 e. The number of hydrogen-bond donors (Lipinski definition) is 0. The fourth-order valence-electron chi connectivity index (χ4n) is 2.59. The van der Waals surface area contributed by atoms with Gasteiger partial charge in [0.25, 0.3) is 0 Å². The Morgan fingerprint density at radius 1 is 1.13 bits per heavy atom. The van der Waals surface area contributed by atoms with Crippen molar-refractivity contribution in [3.63, 3.8) is 0 Å². The first-order valence-electron chi connectivity index (χ1n) is 7.41. The van der Waals surface area contributed by atoms with Crippen LogP contribution < -0.4 is 5.69 Å². The summed E-state index contributed by atoms with van der Waals surface area (Å²) < 4.78 is 1.55. The minimum atomic E-state index is -0.327. The maximum Gasteiger partial charge on any atom is 0.349 e. The summed E-state index contributed by atoms with van der Waals surface area (Å²) in [7, 11) is 0. The van der Waals surface area contributed by atoms with Crippen molar-refractivity contribution in [3.8, 4) is 11.3 Å². The lowest BCUT2D eigenvalue weighted by molar-refractivity contribution is 0.721. The van der Waals surface area contributed by atoms with Gasteiger partial charge in [-0.2, -0.15) is 4.98 Å². The van der Waals surface area contributed by atoms with Crippen molar-refractivity contribution >= 4 is 34.2 Å². The summed E-state index contributed by atoms with van der Waals surface area (Å²) in [5, 5.41) is 1.91. The van der Waals surface area contributed by atoms with Crippen molar-refractivity contribution < 1.29 is 0 Å². The van der Waals surface area contributed by atoms with E-state index in [1.54, 1.807) is 16.7 Å². The number of aromatic nitrogens is 3. The van der Waals surface area contributed by atoms with Gasteiger partial charge in [-0.1, -0.05) is 42.3 Å². The lowest BCUT2D eigenvalue weighted by Crippen LogP contribution is -2.24. The number of halogens is 2. The Morgan fingerprint density at radius 2 is 1.91 bits per heavy atom. The molecule has 0 spiro atoms. The molecule has 2 aromatic heterocycles. The SMILES string of the molecule is CCc1nc2c(cc1Cl)c(-c1cccc(Cl)c1)nc(=O)n2CC. The second kappa shape index (κ2) is 6.30. The molecule has 2 heterocycles. The van der Waals surface area contributed by atoms with Crippen molar-refractivity contribution in [2.75, 3.05) is 0 Å². The van der Waals surface area contributed by atoms with Crippen molar-refractivity contribution in [1.29, 1.82) is 0 Å². The highest BCUT2D eigenvalue weighted by Gasteiger charge is 2.15. The van der Waals surface area contributed by atoms with Crippen LogP contribution in [0.5, 0.6) is 0 Å².